The Kier molecular flexibility index (Phi) is 7.47. The number of halogens is 1. The first-order valence-corrected chi connectivity index (χ1v) is 9.35. The normalized spacial score (nSPS) is 11.8. The molecule has 0 aliphatic rings. The lowest BCUT2D eigenvalue weighted by Crippen LogP contribution is -2.26. The smallest absolute Gasteiger partial charge is 0.221 e. The number of thioether (sulfide) groups is 1. The summed E-state index contributed by atoms with van der Waals surface area (Å²) in [6, 6.07) is 15.5. The maximum absolute atomic E-state index is 12.1. The maximum Gasteiger partial charge on any atom is 0.221 e. The van der Waals surface area contributed by atoms with Gasteiger partial charge in [-0.3, -0.25) is 4.79 Å². The average Bonchev–Trinajstić information content (AvgIpc) is 2.57. The molecular formula is C19H22ClNO2S. The molecule has 24 heavy (non-hydrogen) atoms. The van der Waals surface area contributed by atoms with Gasteiger partial charge >= 0.3 is 0 Å². The lowest BCUT2D eigenvalue weighted by Gasteiger charge is -2.15. The Morgan fingerprint density at radius 3 is 2.46 bits per heavy atom. The van der Waals surface area contributed by atoms with Gasteiger partial charge in [0.2, 0.25) is 5.91 Å². The summed E-state index contributed by atoms with van der Waals surface area (Å²) in [5.41, 5.74) is 1.07. The Balaban J connectivity index is 1.75. The topological polar surface area (TPSA) is 38.3 Å². The van der Waals surface area contributed by atoms with Crippen molar-refractivity contribution in [1.82, 2.24) is 5.32 Å². The minimum Gasteiger partial charge on any atom is -0.494 e. The first-order chi connectivity index (χ1) is 11.6. The standard InChI is InChI=1S/C19H22ClNO2S/c1-3-23-17-8-4-15(5-9-17)14(2)21-19(22)12-13-24-18-10-6-16(20)7-11-18/h4-11,14H,3,12-13H2,1-2H3,(H,21,22)/t14-/m0/s1. The maximum atomic E-state index is 12.1. The van der Waals surface area contributed by atoms with Crippen LogP contribution < -0.4 is 10.1 Å². The third-order valence-electron chi connectivity index (χ3n) is 3.48. The van der Waals surface area contributed by atoms with E-state index >= 15 is 0 Å². The molecule has 2 aromatic rings. The first-order valence-electron chi connectivity index (χ1n) is 7.99. The van der Waals surface area contributed by atoms with Gasteiger partial charge in [0.05, 0.1) is 12.6 Å². The van der Waals surface area contributed by atoms with Gasteiger partial charge in [0.1, 0.15) is 5.75 Å². The highest BCUT2D eigenvalue weighted by molar-refractivity contribution is 7.99. The van der Waals surface area contributed by atoms with Gasteiger partial charge in [-0.15, -0.1) is 11.8 Å². The van der Waals surface area contributed by atoms with Crippen LogP contribution in [0, 0.1) is 0 Å². The summed E-state index contributed by atoms with van der Waals surface area (Å²) in [6.07, 6.45) is 0.481. The summed E-state index contributed by atoms with van der Waals surface area (Å²) in [6.45, 7) is 4.59. The van der Waals surface area contributed by atoms with Crippen LogP contribution in [0.4, 0.5) is 0 Å². The number of carbonyl (C=O) groups excluding carboxylic acids is 1. The quantitative estimate of drug-likeness (QED) is 0.663. The molecule has 0 unspecified atom stereocenters. The molecule has 1 amide bonds. The van der Waals surface area contributed by atoms with E-state index in [4.69, 9.17) is 16.3 Å². The molecule has 0 bridgehead atoms. The van der Waals surface area contributed by atoms with Crippen molar-refractivity contribution in [3.63, 3.8) is 0 Å². The molecule has 0 saturated carbocycles. The number of amides is 1. The van der Waals surface area contributed by atoms with E-state index in [0.29, 0.717) is 13.0 Å². The van der Waals surface area contributed by atoms with Crippen molar-refractivity contribution in [2.45, 2.75) is 31.2 Å². The van der Waals surface area contributed by atoms with E-state index in [9.17, 15) is 4.79 Å². The molecule has 0 saturated heterocycles. The van der Waals surface area contributed by atoms with Gasteiger partial charge in [0.15, 0.2) is 0 Å². The van der Waals surface area contributed by atoms with Crippen molar-refractivity contribution in [3.8, 4) is 5.75 Å². The second-order valence-corrected chi connectivity index (χ2v) is 6.95. The molecule has 0 radical (unpaired) electrons. The second kappa shape index (κ2) is 9.60. The fourth-order valence-corrected chi connectivity index (χ4v) is 3.19. The third-order valence-corrected chi connectivity index (χ3v) is 4.75. The Morgan fingerprint density at radius 2 is 1.83 bits per heavy atom. The first kappa shape index (κ1) is 18.7. The second-order valence-electron chi connectivity index (χ2n) is 5.34. The molecule has 3 nitrogen and oxygen atoms in total. The monoisotopic (exact) mass is 363 g/mol. The lowest BCUT2D eigenvalue weighted by atomic mass is 10.1. The summed E-state index contributed by atoms with van der Waals surface area (Å²) < 4.78 is 5.43. The van der Waals surface area contributed by atoms with E-state index in [1.165, 1.54) is 0 Å². The zero-order valence-corrected chi connectivity index (χ0v) is 15.5. The summed E-state index contributed by atoms with van der Waals surface area (Å²) in [5.74, 6) is 1.64. The van der Waals surface area contributed by atoms with E-state index < -0.39 is 0 Å². The summed E-state index contributed by atoms with van der Waals surface area (Å²) >= 11 is 7.51. The van der Waals surface area contributed by atoms with Crippen LogP contribution in [-0.2, 0) is 4.79 Å². The Hall–Kier alpha value is -1.65. The highest BCUT2D eigenvalue weighted by atomic mass is 35.5. The van der Waals surface area contributed by atoms with Gasteiger partial charge in [-0.1, -0.05) is 23.7 Å². The number of ether oxygens (including phenoxy) is 1. The lowest BCUT2D eigenvalue weighted by molar-refractivity contribution is -0.121. The number of carbonyl (C=O) groups is 1. The van der Waals surface area contributed by atoms with Gasteiger partial charge in [-0.2, -0.15) is 0 Å². The highest BCUT2D eigenvalue weighted by Gasteiger charge is 2.09. The van der Waals surface area contributed by atoms with Crippen molar-refractivity contribution < 1.29 is 9.53 Å². The van der Waals surface area contributed by atoms with Crippen LogP contribution >= 0.6 is 23.4 Å². The van der Waals surface area contributed by atoms with E-state index in [-0.39, 0.29) is 11.9 Å². The Labute approximate surface area is 152 Å². The SMILES string of the molecule is CCOc1ccc([C@H](C)NC(=O)CCSc2ccc(Cl)cc2)cc1. The van der Waals surface area contributed by atoms with Crippen LogP contribution in [0.2, 0.25) is 5.02 Å². The third kappa shape index (κ3) is 6.10. The largest absolute Gasteiger partial charge is 0.494 e. The average molecular weight is 364 g/mol. The molecule has 128 valence electrons. The predicted octanol–water partition coefficient (Wildman–Crippen LogP) is 5.10. The van der Waals surface area contributed by atoms with E-state index in [1.807, 2.05) is 62.4 Å². The molecule has 2 aromatic carbocycles. The molecule has 0 fully saturated rings. The number of hydrogen-bond donors (Lipinski definition) is 1. The van der Waals surface area contributed by atoms with Crippen LogP contribution in [-0.4, -0.2) is 18.3 Å². The fraction of sp³-hybridized carbons (Fsp3) is 0.316. The van der Waals surface area contributed by atoms with Crippen molar-refractivity contribution in [2.24, 2.45) is 0 Å². The summed E-state index contributed by atoms with van der Waals surface area (Å²) in [7, 11) is 0. The molecule has 1 N–H and O–H groups in total. The van der Waals surface area contributed by atoms with Crippen molar-refractivity contribution in [1.29, 1.82) is 0 Å². The van der Waals surface area contributed by atoms with E-state index in [2.05, 4.69) is 5.32 Å². The minimum absolute atomic E-state index is 0.0197. The molecular weight excluding hydrogens is 342 g/mol. The molecule has 0 heterocycles. The van der Waals surface area contributed by atoms with Gasteiger partial charge in [-0.25, -0.2) is 0 Å². The van der Waals surface area contributed by atoms with Gasteiger partial charge < -0.3 is 10.1 Å². The zero-order chi connectivity index (χ0) is 17.4. The number of nitrogens with one attached hydrogen (secondary N) is 1. The summed E-state index contributed by atoms with van der Waals surface area (Å²) in [5, 5.41) is 3.75. The predicted molar refractivity (Wildman–Crippen MR) is 101 cm³/mol. The van der Waals surface area contributed by atoms with E-state index in [0.717, 1.165) is 27.0 Å². The molecule has 2 rings (SSSR count). The zero-order valence-electron chi connectivity index (χ0n) is 13.9. The van der Waals surface area contributed by atoms with Crippen molar-refractivity contribution in [3.05, 3.63) is 59.1 Å². The Morgan fingerprint density at radius 1 is 1.17 bits per heavy atom. The highest BCUT2D eigenvalue weighted by Crippen LogP contribution is 2.21. The van der Waals surface area contributed by atoms with Crippen molar-refractivity contribution >= 4 is 29.3 Å². The number of hydrogen-bond acceptors (Lipinski definition) is 3. The molecule has 0 aromatic heterocycles. The van der Waals surface area contributed by atoms with Gasteiger partial charge in [0, 0.05) is 22.1 Å². The summed E-state index contributed by atoms with van der Waals surface area (Å²) in [4.78, 5) is 13.2. The van der Waals surface area contributed by atoms with Crippen LogP contribution in [0.5, 0.6) is 5.75 Å². The van der Waals surface area contributed by atoms with Gasteiger partial charge in [-0.05, 0) is 55.8 Å². The number of rotatable bonds is 8. The molecule has 1 atom stereocenters. The van der Waals surface area contributed by atoms with Crippen LogP contribution in [0.15, 0.2) is 53.4 Å². The van der Waals surface area contributed by atoms with Crippen LogP contribution in [0.25, 0.3) is 0 Å². The molecule has 0 spiro atoms. The van der Waals surface area contributed by atoms with E-state index in [1.54, 1.807) is 11.8 Å². The molecule has 0 aliphatic heterocycles. The van der Waals surface area contributed by atoms with Crippen LogP contribution in [0.1, 0.15) is 31.9 Å². The number of benzene rings is 2. The molecule has 5 heteroatoms. The Bertz CT molecular complexity index is 643. The van der Waals surface area contributed by atoms with Crippen molar-refractivity contribution in [2.75, 3.05) is 12.4 Å². The fourth-order valence-electron chi connectivity index (χ4n) is 2.21. The molecule has 0 aliphatic carbocycles. The van der Waals surface area contributed by atoms with Gasteiger partial charge in [0.25, 0.3) is 0 Å². The van der Waals surface area contributed by atoms with Crippen LogP contribution in [0.3, 0.4) is 0 Å². The minimum atomic E-state index is -0.0197.